The van der Waals surface area contributed by atoms with Gasteiger partial charge in [-0.05, 0) is 24.6 Å². The van der Waals surface area contributed by atoms with Crippen LogP contribution in [-0.4, -0.2) is 5.91 Å². The van der Waals surface area contributed by atoms with Crippen LogP contribution in [0.15, 0.2) is 12.1 Å². The summed E-state index contributed by atoms with van der Waals surface area (Å²) >= 11 is 0. The van der Waals surface area contributed by atoms with E-state index in [9.17, 15) is 9.18 Å². The first-order valence-corrected chi connectivity index (χ1v) is 4.33. The number of benzene rings is 1. The van der Waals surface area contributed by atoms with Gasteiger partial charge < -0.3 is 11.5 Å². The number of rotatable bonds is 1. The average molecular weight is 206 g/mol. The minimum absolute atomic E-state index is 0.0458. The maximum Gasteiger partial charge on any atom is 0.229 e. The Morgan fingerprint density at radius 2 is 2.20 bits per heavy atom. The largest absolute Gasteiger partial charge is 0.398 e. The molecule has 1 amide bonds. The van der Waals surface area contributed by atoms with Crippen molar-refractivity contribution in [1.29, 1.82) is 0 Å². The third-order valence-electron chi connectivity index (χ3n) is 1.90. The van der Waals surface area contributed by atoms with E-state index in [1.807, 2.05) is 0 Å². The van der Waals surface area contributed by atoms with Gasteiger partial charge in [0.05, 0.1) is 6.42 Å². The van der Waals surface area contributed by atoms with Gasteiger partial charge in [0, 0.05) is 11.3 Å². The van der Waals surface area contributed by atoms with Crippen LogP contribution in [-0.2, 0) is 4.79 Å². The molecule has 15 heavy (non-hydrogen) atoms. The predicted molar refractivity (Wildman–Crippen MR) is 56.2 cm³/mol. The van der Waals surface area contributed by atoms with Crippen molar-refractivity contribution in [3.05, 3.63) is 29.1 Å². The van der Waals surface area contributed by atoms with Gasteiger partial charge in [0.2, 0.25) is 5.91 Å². The van der Waals surface area contributed by atoms with Crippen LogP contribution in [0.3, 0.4) is 0 Å². The van der Waals surface area contributed by atoms with E-state index in [1.165, 1.54) is 12.1 Å². The summed E-state index contributed by atoms with van der Waals surface area (Å²) in [7, 11) is 0. The second-order valence-electron chi connectivity index (χ2n) is 3.11. The second-order valence-corrected chi connectivity index (χ2v) is 3.11. The Hall–Kier alpha value is -2.02. The van der Waals surface area contributed by atoms with Crippen LogP contribution in [0.4, 0.5) is 10.1 Å². The fraction of sp³-hybridized carbons (Fsp3) is 0.182. The van der Waals surface area contributed by atoms with E-state index < -0.39 is 11.7 Å². The molecule has 0 radical (unpaired) electrons. The fourth-order valence-corrected chi connectivity index (χ4v) is 1.06. The summed E-state index contributed by atoms with van der Waals surface area (Å²) in [5, 5.41) is 0. The number of nitrogen functional groups attached to an aromatic ring is 1. The Labute approximate surface area is 87.3 Å². The zero-order valence-electron chi connectivity index (χ0n) is 8.30. The lowest BCUT2D eigenvalue weighted by Gasteiger charge is -2.02. The van der Waals surface area contributed by atoms with Crippen LogP contribution in [0.1, 0.15) is 17.5 Å². The van der Waals surface area contributed by atoms with Crippen LogP contribution in [0.5, 0.6) is 0 Å². The molecule has 0 atom stereocenters. The zero-order chi connectivity index (χ0) is 11.4. The first-order valence-electron chi connectivity index (χ1n) is 4.33. The monoisotopic (exact) mass is 206 g/mol. The smallest absolute Gasteiger partial charge is 0.229 e. The Balaban J connectivity index is 3.02. The van der Waals surface area contributed by atoms with Crippen molar-refractivity contribution < 1.29 is 9.18 Å². The molecule has 0 saturated heterocycles. The summed E-state index contributed by atoms with van der Waals surface area (Å²) in [6, 6.07) is 2.51. The molecule has 0 heterocycles. The highest BCUT2D eigenvalue weighted by Gasteiger charge is 2.02. The number of primary amides is 1. The fourth-order valence-electron chi connectivity index (χ4n) is 1.06. The Morgan fingerprint density at radius 3 is 2.80 bits per heavy atom. The van der Waals surface area contributed by atoms with Gasteiger partial charge in [-0.3, -0.25) is 4.79 Å². The molecule has 3 nitrogen and oxygen atoms in total. The average Bonchev–Trinajstić information content (AvgIpc) is 2.12. The molecule has 1 aromatic carbocycles. The Kier molecular flexibility index (Phi) is 3.29. The Bertz CT molecular complexity index is 458. The van der Waals surface area contributed by atoms with Gasteiger partial charge in [0.25, 0.3) is 0 Å². The number of hydrogen-bond donors (Lipinski definition) is 2. The minimum atomic E-state index is -0.510. The molecule has 0 unspecified atom stereocenters. The van der Waals surface area contributed by atoms with Gasteiger partial charge in [-0.15, -0.1) is 0 Å². The summed E-state index contributed by atoms with van der Waals surface area (Å²) in [6.07, 6.45) is -0.0458. The standard InChI is InChI=1S/C11H11FN2O/c1-7-8(3-2-4-11(14)15)5-9(12)6-10(7)13/h5-6H,4,13H2,1H3,(H2,14,15). The number of halogens is 1. The highest BCUT2D eigenvalue weighted by molar-refractivity contribution is 5.76. The molecule has 0 aliphatic carbocycles. The first-order chi connectivity index (χ1) is 7.00. The molecule has 78 valence electrons. The SMILES string of the molecule is Cc1c(N)cc(F)cc1C#CCC(N)=O. The van der Waals surface area contributed by atoms with Crippen LogP contribution < -0.4 is 11.5 Å². The van der Waals surface area contributed by atoms with Gasteiger partial charge in [-0.25, -0.2) is 4.39 Å². The van der Waals surface area contributed by atoms with Crippen molar-refractivity contribution in [2.75, 3.05) is 5.73 Å². The van der Waals surface area contributed by atoms with Crippen molar-refractivity contribution in [3.63, 3.8) is 0 Å². The molecule has 4 heteroatoms. The van der Waals surface area contributed by atoms with E-state index in [-0.39, 0.29) is 6.42 Å². The van der Waals surface area contributed by atoms with E-state index in [0.717, 1.165) is 0 Å². The normalized spacial score (nSPS) is 9.20. The summed E-state index contributed by atoms with van der Waals surface area (Å²) < 4.78 is 13.0. The van der Waals surface area contributed by atoms with Crippen molar-refractivity contribution >= 4 is 11.6 Å². The van der Waals surface area contributed by atoms with Crippen molar-refractivity contribution in [1.82, 2.24) is 0 Å². The van der Waals surface area contributed by atoms with Gasteiger partial charge in [-0.1, -0.05) is 11.8 Å². The summed E-state index contributed by atoms with van der Waals surface area (Å²) in [5.74, 6) is 4.25. The topological polar surface area (TPSA) is 69.1 Å². The summed E-state index contributed by atoms with van der Waals surface area (Å²) in [4.78, 5) is 10.4. The van der Waals surface area contributed by atoms with Gasteiger partial charge in [-0.2, -0.15) is 0 Å². The lowest BCUT2D eigenvalue weighted by atomic mass is 10.1. The molecule has 0 bridgehead atoms. The maximum absolute atomic E-state index is 13.0. The lowest BCUT2D eigenvalue weighted by Crippen LogP contribution is -2.08. The zero-order valence-corrected chi connectivity index (χ0v) is 8.30. The lowest BCUT2D eigenvalue weighted by molar-refractivity contribution is -0.117. The number of anilines is 1. The predicted octanol–water partition coefficient (Wildman–Crippen LogP) is 0.943. The molecule has 4 N–H and O–H groups in total. The summed E-state index contributed by atoms with van der Waals surface area (Å²) in [6.45, 7) is 1.74. The third kappa shape index (κ3) is 2.99. The van der Waals surface area contributed by atoms with Gasteiger partial charge in [0.1, 0.15) is 5.82 Å². The van der Waals surface area contributed by atoms with E-state index in [1.54, 1.807) is 6.92 Å². The highest BCUT2D eigenvalue weighted by Crippen LogP contribution is 2.17. The van der Waals surface area contributed by atoms with Crippen molar-refractivity contribution in [2.45, 2.75) is 13.3 Å². The molecule has 0 saturated carbocycles. The van der Waals surface area contributed by atoms with Crippen molar-refractivity contribution in [2.24, 2.45) is 5.73 Å². The van der Waals surface area contributed by atoms with Crippen LogP contribution >= 0.6 is 0 Å². The van der Waals surface area contributed by atoms with Crippen LogP contribution in [0.25, 0.3) is 0 Å². The van der Waals surface area contributed by atoms with E-state index in [0.29, 0.717) is 16.8 Å². The van der Waals surface area contributed by atoms with E-state index in [2.05, 4.69) is 11.8 Å². The molecule has 0 aliphatic heterocycles. The number of carbonyl (C=O) groups excluding carboxylic acids is 1. The minimum Gasteiger partial charge on any atom is -0.398 e. The molecule has 0 fully saturated rings. The molecular formula is C11H11FN2O. The second kappa shape index (κ2) is 4.47. The van der Waals surface area contributed by atoms with E-state index in [4.69, 9.17) is 11.5 Å². The van der Waals surface area contributed by atoms with Crippen LogP contribution in [0, 0.1) is 24.6 Å². The van der Waals surface area contributed by atoms with Gasteiger partial charge >= 0.3 is 0 Å². The number of nitrogens with two attached hydrogens (primary N) is 2. The Morgan fingerprint density at radius 1 is 1.53 bits per heavy atom. The maximum atomic E-state index is 13.0. The van der Waals surface area contributed by atoms with Gasteiger partial charge in [0.15, 0.2) is 0 Å². The third-order valence-corrected chi connectivity index (χ3v) is 1.90. The highest BCUT2D eigenvalue weighted by atomic mass is 19.1. The van der Waals surface area contributed by atoms with Crippen molar-refractivity contribution in [3.8, 4) is 11.8 Å². The molecule has 0 spiro atoms. The number of amides is 1. The first kappa shape index (κ1) is 11.1. The molecule has 1 aromatic rings. The molecular weight excluding hydrogens is 195 g/mol. The quantitative estimate of drug-likeness (QED) is 0.530. The summed E-state index contributed by atoms with van der Waals surface area (Å²) in [5.41, 5.74) is 12.0. The molecule has 1 rings (SSSR count). The van der Waals surface area contributed by atoms with Crippen LogP contribution in [0.2, 0.25) is 0 Å². The van der Waals surface area contributed by atoms with E-state index >= 15 is 0 Å². The number of carbonyl (C=O) groups is 1. The number of hydrogen-bond acceptors (Lipinski definition) is 2. The molecule has 0 aliphatic rings. The molecule has 0 aromatic heterocycles.